The Morgan fingerprint density at radius 2 is 2.05 bits per heavy atom. The average Bonchev–Trinajstić information content (AvgIpc) is 2.46. The summed E-state index contributed by atoms with van der Waals surface area (Å²) in [6, 6.07) is 5.98. The fraction of sp³-hybridized carbons (Fsp3) is 0.562. The summed E-state index contributed by atoms with van der Waals surface area (Å²) in [6.45, 7) is 6.20. The summed E-state index contributed by atoms with van der Waals surface area (Å²) in [4.78, 5) is 11.4. The number of unbranched alkanes of at least 4 members (excludes halogenated alkanes) is 1. The van der Waals surface area contributed by atoms with E-state index >= 15 is 0 Å². The van der Waals surface area contributed by atoms with Crippen molar-refractivity contribution in [2.45, 2.75) is 58.9 Å². The zero-order chi connectivity index (χ0) is 15.0. The molecule has 0 aliphatic heterocycles. The SMILES string of the molecule is CCCCC(CC)Nc1cc(NC(=O)CC)ccc1Cl. The van der Waals surface area contributed by atoms with Crippen molar-refractivity contribution in [3.8, 4) is 0 Å². The van der Waals surface area contributed by atoms with Crippen molar-refractivity contribution < 1.29 is 4.79 Å². The summed E-state index contributed by atoms with van der Waals surface area (Å²) in [6.07, 6.45) is 5.06. The first-order chi connectivity index (χ1) is 9.60. The molecule has 112 valence electrons. The maximum absolute atomic E-state index is 11.4. The van der Waals surface area contributed by atoms with Crippen molar-refractivity contribution in [3.05, 3.63) is 23.2 Å². The summed E-state index contributed by atoms with van der Waals surface area (Å²) < 4.78 is 0. The first-order valence-electron chi connectivity index (χ1n) is 7.46. The number of nitrogens with one attached hydrogen (secondary N) is 2. The van der Waals surface area contributed by atoms with Crippen molar-refractivity contribution in [3.63, 3.8) is 0 Å². The largest absolute Gasteiger partial charge is 0.381 e. The fourth-order valence-electron chi connectivity index (χ4n) is 2.01. The van der Waals surface area contributed by atoms with Crippen LogP contribution in [-0.4, -0.2) is 11.9 Å². The minimum absolute atomic E-state index is 0.0105. The topological polar surface area (TPSA) is 41.1 Å². The van der Waals surface area contributed by atoms with Crippen LogP contribution in [0.2, 0.25) is 5.02 Å². The Morgan fingerprint density at radius 3 is 2.65 bits per heavy atom. The molecule has 0 heterocycles. The highest BCUT2D eigenvalue weighted by atomic mass is 35.5. The van der Waals surface area contributed by atoms with Gasteiger partial charge in [-0.25, -0.2) is 0 Å². The van der Waals surface area contributed by atoms with Crippen LogP contribution in [0.15, 0.2) is 18.2 Å². The quantitative estimate of drug-likeness (QED) is 0.703. The van der Waals surface area contributed by atoms with Gasteiger partial charge in [-0.1, -0.05) is 45.2 Å². The van der Waals surface area contributed by atoms with Gasteiger partial charge in [0, 0.05) is 18.2 Å². The highest BCUT2D eigenvalue weighted by molar-refractivity contribution is 6.33. The molecule has 20 heavy (non-hydrogen) atoms. The van der Waals surface area contributed by atoms with Crippen molar-refractivity contribution in [1.29, 1.82) is 0 Å². The van der Waals surface area contributed by atoms with Gasteiger partial charge in [-0.3, -0.25) is 4.79 Å². The Kier molecular flexibility index (Phi) is 7.45. The predicted molar refractivity (Wildman–Crippen MR) is 87.6 cm³/mol. The molecule has 1 aromatic carbocycles. The smallest absolute Gasteiger partial charge is 0.224 e. The van der Waals surface area contributed by atoms with Crippen LogP contribution < -0.4 is 10.6 Å². The maximum atomic E-state index is 11.4. The third-order valence-electron chi connectivity index (χ3n) is 3.33. The molecule has 1 rings (SSSR count). The minimum Gasteiger partial charge on any atom is -0.381 e. The zero-order valence-electron chi connectivity index (χ0n) is 12.6. The van der Waals surface area contributed by atoms with Gasteiger partial charge in [0.15, 0.2) is 0 Å². The normalized spacial score (nSPS) is 12.0. The summed E-state index contributed by atoms with van der Waals surface area (Å²) >= 11 is 6.23. The molecule has 0 aromatic heterocycles. The summed E-state index contributed by atoms with van der Waals surface area (Å²) in [5, 5.41) is 7.03. The van der Waals surface area contributed by atoms with E-state index in [0.29, 0.717) is 17.5 Å². The van der Waals surface area contributed by atoms with E-state index < -0.39 is 0 Å². The number of hydrogen-bond acceptors (Lipinski definition) is 2. The van der Waals surface area contributed by atoms with Crippen LogP contribution >= 0.6 is 11.6 Å². The molecule has 0 bridgehead atoms. The van der Waals surface area contributed by atoms with E-state index in [1.807, 2.05) is 25.1 Å². The van der Waals surface area contributed by atoms with Gasteiger partial charge in [-0.15, -0.1) is 0 Å². The number of carbonyl (C=O) groups is 1. The van der Waals surface area contributed by atoms with E-state index in [-0.39, 0.29) is 5.91 Å². The second-order valence-electron chi connectivity index (χ2n) is 4.99. The van der Waals surface area contributed by atoms with E-state index in [1.165, 1.54) is 12.8 Å². The first kappa shape index (κ1) is 16.8. The third-order valence-corrected chi connectivity index (χ3v) is 3.66. The standard InChI is InChI=1S/C16H25ClN2O/c1-4-7-8-12(5-2)18-15-11-13(9-10-14(15)17)19-16(20)6-3/h9-12,18H,4-8H2,1-3H3,(H,19,20). The third kappa shape index (κ3) is 5.41. The van der Waals surface area contributed by atoms with Crippen LogP contribution in [0.25, 0.3) is 0 Å². The van der Waals surface area contributed by atoms with E-state index in [2.05, 4.69) is 24.5 Å². The highest BCUT2D eigenvalue weighted by Gasteiger charge is 2.09. The lowest BCUT2D eigenvalue weighted by molar-refractivity contribution is -0.115. The summed E-state index contributed by atoms with van der Waals surface area (Å²) in [7, 11) is 0. The molecule has 2 N–H and O–H groups in total. The average molecular weight is 297 g/mol. The summed E-state index contributed by atoms with van der Waals surface area (Å²) in [5.41, 5.74) is 1.68. The molecule has 0 spiro atoms. The molecular weight excluding hydrogens is 272 g/mol. The van der Waals surface area contributed by atoms with Crippen molar-refractivity contribution in [1.82, 2.24) is 0 Å². The lowest BCUT2D eigenvalue weighted by atomic mass is 10.1. The Hall–Kier alpha value is -1.22. The molecule has 0 saturated heterocycles. The second-order valence-corrected chi connectivity index (χ2v) is 5.40. The Morgan fingerprint density at radius 1 is 1.30 bits per heavy atom. The van der Waals surface area contributed by atoms with Crippen molar-refractivity contribution in [2.75, 3.05) is 10.6 Å². The molecule has 1 atom stereocenters. The van der Waals surface area contributed by atoms with Gasteiger partial charge in [0.05, 0.1) is 10.7 Å². The van der Waals surface area contributed by atoms with Crippen LogP contribution in [-0.2, 0) is 4.79 Å². The number of carbonyl (C=O) groups excluding carboxylic acids is 1. The van der Waals surface area contributed by atoms with E-state index in [1.54, 1.807) is 0 Å². The molecule has 0 fully saturated rings. The number of benzene rings is 1. The lowest BCUT2D eigenvalue weighted by Gasteiger charge is -2.19. The van der Waals surface area contributed by atoms with E-state index in [9.17, 15) is 4.79 Å². The van der Waals surface area contributed by atoms with Crippen LogP contribution in [0, 0.1) is 0 Å². The molecule has 0 aliphatic rings. The molecule has 0 aliphatic carbocycles. The van der Waals surface area contributed by atoms with Gasteiger partial charge in [-0.2, -0.15) is 0 Å². The van der Waals surface area contributed by atoms with Gasteiger partial charge in [0.25, 0.3) is 0 Å². The van der Waals surface area contributed by atoms with Gasteiger partial charge in [0.2, 0.25) is 5.91 Å². The molecule has 4 heteroatoms. The van der Waals surface area contributed by atoms with Gasteiger partial charge in [-0.05, 0) is 31.0 Å². The van der Waals surface area contributed by atoms with Gasteiger partial charge in [0.1, 0.15) is 0 Å². The fourth-order valence-corrected chi connectivity index (χ4v) is 2.18. The highest BCUT2D eigenvalue weighted by Crippen LogP contribution is 2.27. The van der Waals surface area contributed by atoms with Gasteiger partial charge >= 0.3 is 0 Å². The molecule has 1 aromatic rings. The van der Waals surface area contributed by atoms with Crippen LogP contribution in [0.5, 0.6) is 0 Å². The maximum Gasteiger partial charge on any atom is 0.224 e. The number of halogens is 1. The van der Waals surface area contributed by atoms with Crippen LogP contribution in [0.3, 0.4) is 0 Å². The minimum atomic E-state index is 0.0105. The number of amides is 1. The van der Waals surface area contributed by atoms with Crippen molar-refractivity contribution >= 4 is 28.9 Å². The molecule has 1 amide bonds. The predicted octanol–water partition coefficient (Wildman–Crippen LogP) is 5.07. The molecule has 0 radical (unpaired) electrons. The van der Waals surface area contributed by atoms with Crippen LogP contribution in [0.1, 0.15) is 52.9 Å². The Balaban J connectivity index is 2.76. The molecule has 1 unspecified atom stereocenters. The number of hydrogen-bond donors (Lipinski definition) is 2. The second kappa shape index (κ2) is 8.85. The molecule has 0 saturated carbocycles. The lowest BCUT2D eigenvalue weighted by Crippen LogP contribution is -2.18. The molecular formula is C16H25ClN2O. The first-order valence-corrected chi connectivity index (χ1v) is 7.84. The zero-order valence-corrected chi connectivity index (χ0v) is 13.4. The Labute approximate surface area is 127 Å². The van der Waals surface area contributed by atoms with E-state index in [0.717, 1.165) is 24.2 Å². The Bertz CT molecular complexity index is 434. The van der Waals surface area contributed by atoms with Crippen molar-refractivity contribution in [2.24, 2.45) is 0 Å². The number of anilines is 2. The van der Waals surface area contributed by atoms with Crippen LogP contribution in [0.4, 0.5) is 11.4 Å². The monoisotopic (exact) mass is 296 g/mol. The molecule has 3 nitrogen and oxygen atoms in total. The van der Waals surface area contributed by atoms with Gasteiger partial charge < -0.3 is 10.6 Å². The van der Waals surface area contributed by atoms with E-state index in [4.69, 9.17) is 11.6 Å². The summed E-state index contributed by atoms with van der Waals surface area (Å²) in [5.74, 6) is 0.0105. The number of rotatable bonds is 8.